The van der Waals surface area contributed by atoms with Gasteiger partial charge in [-0.15, -0.1) is 0 Å². The molecule has 1 aliphatic heterocycles. The van der Waals surface area contributed by atoms with Crippen LogP contribution in [0.5, 0.6) is 0 Å². The van der Waals surface area contributed by atoms with E-state index in [2.05, 4.69) is 40.9 Å². The number of unbranched alkanes of at least 4 members (excludes halogenated alkanes) is 2. The van der Waals surface area contributed by atoms with Crippen LogP contribution in [0.2, 0.25) is 0 Å². The van der Waals surface area contributed by atoms with Gasteiger partial charge in [-0.25, -0.2) is 13.1 Å². The highest BCUT2D eigenvalue weighted by Gasteiger charge is 2.26. The zero-order valence-electron chi connectivity index (χ0n) is 18.4. The van der Waals surface area contributed by atoms with Gasteiger partial charge < -0.3 is 10.2 Å². The molecular formula is C24H31N3O3S. The predicted octanol–water partition coefficient (Wildman–Crippen LogP) is 4.49. The molecule has 0 bridgehead atoms. The molecule has 1 aliphatic rings. The molecule has 6 nitrogen and oxygen atoms in total. The maximum absolute atomic E-state index is 12.5. The molecule has 0 aliphatic carbocycles. The number of benzene rings is 2. The first kappa shape index (κ1) is 23.0. The number of nitrogens with one attached hydrogen (secondary N) is 2. The lowest BCUT2D eigenvalue weighted by Gasteiger charge is -2.24. The number of carbonyl (C=O) groups is 1. The highest BCUT2D eigenvalue weighted by Crippen LogP contribution is 2.35. The molecule has 0 aromatic heterocycles. The Bertz CT molecular complexity index is 1050. The van der Waals surface area contributed by atoms with Gasteiger partial charge in [0.15, 0.2) is 0 Å². The zero-order chi connectivity index (χ0) is 22.4. The highest BCUT2D eigenvalue weighted by molar-refractivity contribution is 7.89. The summed E-state index contributed by atoms with van der Waals surface area (Å²) in [5.74, 6) is -0.231. The minimum atomic E-state index is -3.59. The second kappa shape index (κ2) is 10.1. The number of rotatable bonds is 10. The van der Waals surface area contributed by atoms with Gasteiger partial charge in [-0.05, 0) is 61.9 Å². The smallest absolute Gasteiger partial charge is 0.256 e. The highest BCUT2D eigenvalue weighted by atomic mass is 32.2. The molecule has 2 aromatic rings. The average Bonchev–Trinajstić information content (AvgIpc) is 3.09. The summed E-state index contributed by atoms with van der Waals surface area (Å²) in [5.41, 5.74) is 3.76. The molecule has 1 heterocycles. The van der Waals surface area contributed by atoms with Crippen molar-refractivity contribution in [2.24, 2.45) is 0 Å². The molecule has 0 fully saturated rings. The molecule has 0 atom stereocenters. The molecule has 0 saturated heterocycles. The maximum atomic E-state index is 12.5. The molecule has 31 heavy (non-hydrogen) atoms. The van der Waals surface area contributed by atoms with Crippen molar-refractivity contribution >= 4 is 39.0 Å². The number of hydrogen-bond acceptors (Lipinski definition) is 4. The first-order valence-corrected chi connectivity index (χ1v) is 12.3. The van der Waals surface area contributed by atoms with E-state index in [1.807, 2.05) is 18.2 Å². The van der Waals surface area contributed by atoms with Crippen LogP contribution in [0.4, 0.5) is 11.4 Å². The number of hydrogen-bond donors (Lipinski definition) is 2. The monoisotopic (exact) mass is 441 g/mol. The van der Waals surface area contributed by atoms with Crippen molar-refractivity contribution in [3.05, 3.63) is 53.6 Å². The van der Waals surface area contributed by atoms with Gasteiger partial charge in [0.2, 0.25) is 10.0 Å². The summed E-state index contributed by atoms with van der Waals surface area (Å²) in [6.07, 6.45) is 6.44. The summed E-state index contributed by atoms with van der Waals surface area (Å²) in [4.78, 5) is 15.1. The summed E-state index contributed by atoms with van der Waals surface area (Å²) in [5, 5.41) is 2.81. The van der Waals surface area contributed by atoms with Gasteiger partial charge in [0.05, 0.1) is 4.90 Å². The van der Waals surface area contributed by atoms with E-state index in [0.717, 1.165) is 44.3 Å². The van der Waals surface area contributed by atoms with E-state index in [-0.39, 0.29) is 10.8 Å². The molecule has 0 radical (unpaired) electrons. The van der Waals surface area contributed by atoms with Gasteiger partial charge >= 0.3 is 0 Å². The third-order valence-corrected chi connectivity index (χ3v) is 6.90. The van der Waals surface area contributed by atoms with Crippen molar-refractivity contribution in [3.63, 3.8) is 0 Å². The van der Waals surface area contributed by atoms with Crippen LogP contribution in [0.1, 0.15) is 50.7 Å². The molecule has 0 spiro atoms. The first-order valence-electron chi connectivity index (χ1n) is 10.9. The minimum absolute atomic E-state index is 0.133. The molecule has 0 saturated carbocycles. The largest absolute Gasteiger partial charge is 0.372 e. The van der Waals surface area contributed by atoms with Crippen molar-refractivity contribution < 1.29 is 13.2 Å². The lowest BCUT2D eigenvalue weighted by molar-refractivity contribution is -0.110. The Balaban J connectivity index is 1.89. The molecule has 0 unspecified atom stereocenters. The number of nitrogens with zero attached hydrogens (tertiary/aromatic N) is 1. The number of amides is 1. The van der Waals surface area contributed by atoms with E-state index < -0.39 is 10.0 Å². The van der Waals surface area contributed by atoms with Crippen LogP contribution in [0.25, 0.3) is 11.6 Å². The van der Waals surface area contributed by atoms with E-state index >= 15 is 0 Å². The summed E-state index contributed by atoms with van der Waals surface area (Å²) in [7, 11) is -2.22. The third kappa shape index (κ3) is 5.35. The molecule has 7 heteroatoms. The lowest BCUT2D eigenvalue weighted by Crippen LogP contribution is -2.25. The summed E-state index contributed by atoms with van der Waals surface area (Å²) >= 11 is 0. The van der Waals surface area contributed by atoms with Crippen molar-refractivity contribution in [3.8, 4) is 0 Å². The third-order valence-electron chi connectivity index (χ3n) is 5.49. The molecule has 1 amide bonds. The topological polar surface area (TPSA) is 78.5 Å². The normalized spacial score (nSPS) is 14.5. The van der Waals surface area contributed by atoms with Crippen LogP contribution in [-0.2, 0) is 14.8 Å². The van der Waals surface area contributed by atoms with Crippen LogP contribution in [0.3, 0.4) is 0 Å². The van der Waals surface area contributed by atoms with Crippen molar-refractivity contribution in [2.75, 3.05) is 30.4 Å². The number of fused-ring (bicyclic) bond motifs is 1. The van der Waals surface area contributed by atoms with Crippen LogP contribution < -0.4 is 14.9 Å². The molecule has 2 N–H and O–H groups in total. The standard InChI is InChI=1S/C24H31N3O3S/c1-4-6-14-27(15-7-5-2)19-10-8-18(9-11-19)16-22-21-17-20(31(29,30)25-3)12-13-23(21)26-24(22)28/h8-13,16-17,25H,4-7,14-15H2,1-3H3,(H,26,28). The number of carbonyl (C=O) groups excluding carboxylic acids is 1. The van der Waals surface area contributed by atoms with Crippen molar-refractivity contribution in [2.45, 2.75) is 44.4 Å². The summed E-state index contributed by atoms with van der Waals surface area (Å²) in [6, 6.07) is 12.8. The Morgan fingerprint density at radius 2 is 1.65 bits per heavy atom. The van der Waals surface area contributed by atoms with E-state index in [9.17, 15) is 13.2 Å². The molecule has 2 aromatic carbocycles. The van der Waals surface area contributed by atoms with Gasteiger partial charge in [-0.1, -0.05) is 38.8 Å². The number of anilines is 2. The van der Waals surface area contributed by atoms with Crippen molar-refractivity contribution in [1.82, 2.24) is 4.72 Å². The summed E-state index contributed by atoms with van der Waals surface area (Å²) in [6.45, 7) is 6.47. The van der Waals surface area contributed by atoms with Crippen LogP contribution in [-0.4, -0.2) is 34.5 Å². The van der Waals surface area contributed by atoms with Crippen LogP contribution in [0.15, 0.2) is 47.4 Å². The average molecular weight is 442 g/mol. The summed E-state index contributed by atoms with van der Waals surface area (Å²) < 4.78 is 26.6. The Morgan fingerprint density at radius 3 is 2.23 bits per heavy atom. The van der Waals surface area contributed by atoms with E-state index in [1.165, 1.54) is 24.9 Å². The Morgan fingerprint density at radius 1 is 1.00 bits per heavy atom. The first-order chi connectivity index (χ1) is 14.9. The van der Waals surface area contributed by atoms with Crippen LogP contribution in [0, 0.1) is 0 Å². The van der Waals surface area contributed by atoms with E-state index in [1.54, 1.807) is 6.07 Å². The Kier molecular flexibility index (Phi) is 7.51. The van der Waals surface area contributed by atoms with Crippen molar-refractivity contribution in [1.29, 1.82) is 0 Å². The molecular weight excluding hydrogens is 410 g/mol. The lowest BCUT2D eigenvalue weighted by atomic mass is 10.0. The second-order valence-corrected chi connectivity index (χ2v) is 9.60. The van der Waals surface area contributed by atoms with Crippen LogP contribution >= 0.6 is 0 Å². The fourth-order valence-corrected chi connectivity index (χ4v) is 4.37. The van der Waals surface area contributed by atoms with E-state index in [0.29, 0.717) is 16.8 Å². The molecule has 166 valence electrons. The van der Waals surface area contributed by atoms with E-state index in [4.69, 9.17) is 0 Å². The maximum Gasteiger partial charge on any atom is 0.256 e. The zero-order valence-corrected chi connectivity index (χ0v) is 19.3. The fraction of sp³-hybridized carbons (Fsp3) is 0.375. The quantitative estimate of drug-likeness (QED) is 0.533. The Hall–Kier alpha value is -2.64. The predicted molar refractivity (Wildman–Crippen MR) is 128 cm³/mol. The van der Waals surface area contributed by atoms with Gasteiger partial charge in [0.25, 0.3) is 5.91 Å². The second-order valence-electron chi connectivity index (χ2n) is 7.71. The SMILES string of the molecule is CCCCN(CCCC)c1ccc(C=C2C(=O)Nc3ccc(S(=O)(=O)NC)cc32)cc1. The Labute approximate surface area is 185 Å². The molecule has 3 rings (SSSR count). The number of sulfonamides is 1. The van der Waals surface area contributed by atoms with Gasteiger partial charge in [-0.3, -0.25) is 4.79 Å². The van der Waals surface area contributed by atoms with Gasteiger partial charge in [0.1, 0.15) is 0 Å². The minimum Gasteiger partial charge on any atom is -0.372 e. The van der Waals surface area contributed by atoms with Gasteiger partial charge in [0, 0.05) is 35.6 Å². The van der Waals surface area contributed by atoms with Gasteiger partial charge in [-0.2, -0.15) is 0 Å². The fourth-order valence-electron chi connectivity index (χ4n) is 3.61.